The highest BCUT2D eigenvalue weighted by atomic mass is 32.2. The van der Waals surface area contributed by atoms with Crippen molar-refractivity contribution < 1.29 is 27.5 Å². The second-order valence-corrected chi connectivity index (χ2v) is 11.4. The predicted molar refractivity (Wildman–Crippen MR) is 159 cm³/mol. The molecule has 0 aliphatic carbocycles. The van der Waals surface area contributed by atoms with E-state index in [4.69, 9.17) is 9.47 Å². The maximum atomic E-state index is 13.3. The molecule has 0 saturated heterocycles. The minimum Gasteiger partial charge on any atom is -0.484 e. The molecule has 2 N–H and O–H groups in total. The maximum absolute atomic E-state index is 13.3. The molecule has 0 spiro atoms. The highest BCUT2D eigenvalue weighted by Gasteiger charge is 2.33. The van der Waals surface area contributed by atoms with Gasteiger partial charge in [0.1, 0.15) is 11.5 Å². The smallest absolute Gasteiger partial charge is 0.265 e. The van der Waals surface area contributed by atoms with E-state index in [9.17, 15) is 18.0 Å². The number of amides is 2. The van der Waals surface area contributed by atoms with Crippen LogP contribution in [0.15, 0.2) is 114 Å². The lowest BCUT2D eigenvalue weighted by Gasteiger charge is -2.34. The van der Waals surface area contributed by atoms with Crippen molar-refractivity contribution in [3.8, 4) is 11.5 Å². The molecule has 1 atom stereocenters. The fourth-order valence-electron chi connectivity index (χ4n) is 4.49. The number of carbonyl (C=O) groups excluding carboxylic acids is 2. The van der Waals surface area contributed by atoms with E-state index in [0.717, 1.165) is 11.1 Å². The zero-order valence-electron chi connectivity index (χ0n) is 22.8. The second kappa shape index (κ2) is 13.3. The molecule has 1 aliphatic heterocycles. The number of para-hydroxylation sites is 2. The molecule has 0 fully saturated rings. The fraction of sp³-hybridized carbons (Fsp3) is 0.188. The van der Waals surface area contributed by atoms with Gasteiger partial charge in [-0.15, -0.1) is 0 Å². The predicted octanol–water partition coefficient (Wildman–Crippen LogP) is 3.70. The van der Waals surface area contributed by atoms with Crippen LogP contribution in [0.1, 0.15) is 11.1 Å². The molecule has 216 valence electrons. The monoisotopic (exact) mass is 585 g/mol. The Morgan fingerprint density at radius 1 is 0.833 bits per heavy atom. The molecule has 0 unspecified atom stereocenters. The minimum atomic E-state index is -3.73. The Morgan fingerprint density at radius 3 is 2.19 bits per heavy atom. The first kappa shape index (κ1) is 28.8. The number of ether oxygens (including phenoxy) is 2. The van der Waals surface area contributed by atoms with E-state index in [1.54, 1.807) is 24.3 Å². The van der Waals surface area contributed by atoms with E-state index < -0.39 is 16.1 Å². The summed E-state index contributed by atoms with van der Waals surface area (Å²) in [5.74, 6) is 0.0888. The molecule has 42 heavy (non-hydrogen) atoms. The first-order chi connectivity index (χ1) is 20.4. The number of nitrogens with one attached hydrogen (secondary N) is 2. The Balaban J connectivity index is 1.17. The van der Waals surface area contributed by atoms with Crippen LogP contribution >= 0.6 is 0 Å². The number of benzene rings is 4. The first-order valence-electron chi connectivity index (χ1n) is 13.5. The van der Waals surface area contributed by atoms with Gasteiger partial charge < -0.3 is 19.7 Å². The number of hydrogen-bond donors (Lipinski definition) is 2. The number of fused-ring (bicyclic) bond motifs is 1. The summed E-state index contributed by atoms with van der Waals surface area (Å²) < 4.78 is 39.5. The molecular formula is C32H31N3O6S. The lowest BCUT2D eigenvalue weighted by Crippen LogP contribution is -2.52. The van der Waals surface area contributed by atoms with Crippen LogP contribution in [0.25, 0.3) is 0 Å². The highest BCUT2D eigenvalue weighted by Crippen LogP contribution is 2.33. The molecule has 2 amide bonds. The van der Waals surface area contributed by atoms with Gasteiger partial charge in [0.15, 0.2) is 12.7 Å². The van der Waals surface area contributed by atoms with Crippen molar-refractivity contribution in [1.82, 2.24) is 10.0 Å². The van der Waals surface area contributed by atoms with Gasteiger partial charge in [0, 0.05) is 13.1 Å². The summed E-state index contributed by atoms with van der Waals surface area (Å²) in [5, 5.41) is 2.90. The van der Waals surface area contributed by atoms with Crippen LogP contribution in [0.4, 0.5) is 5.69 Å². The molecular weight excluding hydrogens is 554 g/mol. The van der Waals surface area contributed by atoms with E-state index >= 15 is 0 Å². The van der Waals surface area contributed by atoms with Gasteiger partial charge >= 0.3 is 0 Å². The second-order valence-electron chi connectivity index (χ2n) is 9.68. The molecule has 0 saturated carbocycles. The molecule has 5 rings (SSSR count). The quantitative estimate of drug-likeness (QED) is 0.278. The molecule has 4 aromatic rings. The molecule has 9 nitrogen and oxygen atoms in total. The number of rotatable bonds is 11. The Morgan fingerprint density at radius 2 is 1.48 bits per heavy atom. The summed E-state index contributed by atoms with van der Waals surface area (Å²) in [6, 6.07) is 31.9. The molecule has 1 heterocycles. The number of anilines is 1. The molecule has 4 aromatic carbocycles. The zero-order valence-corrected chi connectivity index (χ0v) is 23.6. The Bertz CT molecular complexity index is 1610. The lowest BCUT2D eigenvalue weighted by atomic mass is 10.1. The van der Waals surface area contributed by atoms with Gasteiger partial charge in [-0.05, 0) is 53.9 Å². The van der Waals surface area contributed by atoms with Crippen LogP contribution in [0.2, 0.25) is 0 Å². The van der Waals surface area contributed by atoms with Gasteiger partial charge in [0.25, 0.3) is 11.8 Å². The Labute approximate surface area is 245 Å². The van der Waals surface area contributed by atoms with Crippen molar-refractivity contribution in [2.24, 2.45) is 0 Å². The van der Waals surface area contributed by atoms with Crippen molar-refractivity contribution in [2.75, 3.05) is 24.6 Å². The van der Waals surface area contributed by atoms with Crippen LogP contribution in [0.5, 0.6) is 11.5 Å². The minimum absolute atomic E-state index is 0.0284. The van der Waals surface area contributed by atoms with Gasteiger partial charge in [0.05, 0.1) is 17.1 Å². The largest absolute Gasteiger partial charge is 0.484 e. The molecule has 1 aliphatic rings. The van der Waals surface area contributed by atoms with E-state index in [1.165, 1.54) is 29.2 Å². The third-order valence-corrected chi connectivity index (χ3v) is 8.15. The van der Waals surface area contributed by atoms with Crippen LogP contribution < -0.4 is 24.4 Å². The number of sulfonamides is 1. The van der Waals surface area contributed by atoms with Crippen LogP contribution in [0.3, 0.4) is 0 Å². The lowest BCUT2D eigenvalue weighted by molar-refractivity contribution is -0.128. The van der Waals surface area contributed by atoms with Crippen molar-refractivity contribution in [2.45, 2.75) is 24.0 Å². The molecule has 0 radical (unpaired) electrons. The van der Waals surface area contributed by atoms with Crippen molar-refractivity contribution in [3.63, 3.8) is 0 Å². The average Bonchev–Trinajstić information content (AvgIpc) is 3.03. The van der Waals surface area contributed by atoms with E-state index in [2.05, 4.69) is 10.0 Å². The Kier molecular flexibility index (Phi) is 9.15. The summed E-state index contributed by atoms with van der Waals surface area (Å²) >= 11 is 0. The highest BCUT2D eigenvalue weighted by molar-refractivity contribution is 7.89. The topological polar surface area (TPSA) is 114 Å². The van der Waals surface area contributed by atoms with Crippen molar-refractivity contribution in [3.05, 3.63) is 120 Å². The van der Waals surface area contributed by atoms with Crippen molar-refractivity contribution >= 4 is 27.5 Å². The van der Waals surface area contributed by atoms with Gasteiger partial charge in [-0.25, -0.2) is 13.1 Å². The number of nitrogens with zero attached hydrogens (tertiary/aromatic N) is 1. The summed E-state index contributed by atoms with van der Waals surface area (Å²) in [7, 11) is -3.73. The van der Waals surface area contributed by atoms with E-state index in [0.29, 0.717) is 30.2 Å². The molecule has 10 heteroatoms. The van der Waals surface area contributed by atoms with Gasteiger partial charge in [-0.3, -0.25) is 9.59 Å². The van der Waals surface area contributed by atoms with Gasteiger partial charge in [0.2, 0.25) is 10.0 Å². The van der Waals surface area contributed by atoms with Crippen molar-refractivity contribution in [1.29, 1.82) is 0 Å². The van der Waals surface area contributed by atoms with Crippen LogP contribution in [-0.2, 0) is 32.6 Å². The molecule has 0 aromatic heterocycles. The van der Waals surface area contributed by atoms with Crippen LogP contribution in [0, 0.1) is 0 Å². The Hall–Kier alpha value is -4.67. The maximum Gasteiger partial charge on any atom is 0.265 e. The fourth-order valence-corrected chi connectivity index (χ4v) is 5.51. The third-order valence-electron chi connectivity index (χ3n) is 6.73. The van der Waals surface area contributed by atoms with Crippen LogP contribution in [-0.4, -0.2) is 46.0 Å². The standard InChI is InChI=1S/C32H31N3O6S/c36-31(23-40-26-15-17-27(18-16-26)42(38,39)34-21-25-11-5-2-6-12-25)35-22-30(41-29-14-8-7-13-28(29)35)32(37)33-20-19-24-9-3-1-4-10-24/h1-18,30,34H,19-23H2,(H,33,37)/t30-/m1/s1. The van der Waals surface area contributed by atoms with Gasteiger partial charge in [-0.2, -0.15) is 0 Å². The third kappa shape index (κ3) is 7.34. The van der Waals surface area contributed by atoms with E-state index in [-0.39, 0.29) is 36.4 Å². The van der Waals surface area contributed by atoms with Gasteiger partial charge in [-0.1, -0.05) is 72.8 Å². The average molecular weight is 586 g/mol. The summed E-state index contributed by atoms with van der Waals surface area (Å²) in [6.07, 6.45) is -0.206. The number of hydrogen-bond acceptors (Lipinski definition) is 6. The molecule has 0 bridgehead atoms. The summed E-state index contributed by atoms with van der Waals surface area (Å²) in [6.45, 7) is 0.327. The first-order valence-corrected chi connectivity index (χ1v) is 15.0. The normalized spacial score (nSPS) is 14.4. The number of carbonyl (C=O) groups is 2. The summed E-state index contributed by atoms with van der Waals surface area (Å²) in [4.78, 5) is 27.7. The zero-order chi connectivity index (χ0) is 29.4. The van der Waals surface area contributed by atoms with E-state index in [1.807, 2.05) is 60.7 Å². The summed E-state index contributed by atoms with van der Waals surface area (Å²) in [5.41, 5.74) is 2.50. The SMILES string of the molecule is O=C(NCCc1ccccc1)[C@H]1CN(C(=O)COc2ccc(S(=O)(=O)NCc3ccccc3)cc2)c2ccccc2O1.